The molecule has 0 amide bonds. The van der Waals surface area contributed by atoms with Crippen LogP contribution < -0.4 is 9.47 Å². The highest BCUT2D eigenvalue weighted by atomic mass is 19.4. The third kappa shape index (κ3) is 6.60. The van der Waals surface area contributed by atoms with Crippen molar-refractivity contribution in [2.75, 3.05) is 6.61 Å². The van der Waals surface area contributed by atoms with Crippen LogP contribution in [0.5, 0.6) is 17.2 Å². The quantitative estimate of drug-likeness (QED) is 0.410. The molecule has 0 atom stereocenters. The molecule has 0 radical (unpaired) electrons. The molecule has 0 saturated heterocycles. The van der Waals surface area contributed by atoms with Crippen molar-refractivity contribution in [1.29, 1.82) is 0 Å². The molecule has 0 aliphatic rings. The van der Waals surface area contributed by atoms with Gasteiger partial charge in [-0.15, -0.1) is 0 Å². The van der Waals surface area contributed by atoms with Gasteiger partial charge in [0.25, 0.3) is 0 Å². The van der Waals surface area contributed by atoms with Crippen molar-refractivity contribution < 1.29 is 36.9 Å². The molecular formula is C24H18F4O4. The number of ether oxygens (including phenoxy) is 2. The summed E-state index contributed by atoms with van der Waals surface area (Å²) in [5.74, 6) is -1.06. The Balaban J connectivity index is 1.60. The van der Waals surface area contributed by atoms with Gasteiger partial charge in [0.15, 0.2) is 11.6 Å². The minimum absolute atomic E-state index is 0.108. The van der Waals surface area contributed by atoms with Gasteiger partial charge < -0.3 is 14.6 Å². The highest BCUT2D eigenvalue weighted by Gasteiger charge is 2.29. The number of carboxylic acids is 1. The number of carbonyl (C=O) groups is 1. The van der Waals surface area contributed by atoms with Gasteiger partial charge >= 0.3 is 12.1 Å². The van der Waals surface area contributed by atoms with Gasteiger partial charge in [-0.2, -0.15) is 13.2 Å². The van der Waals surface area contributed by atoms with E-state index in [1.165, 1.54) is 30.3 Å². The van der Waals surface area contributed by atoms with Crippen molar-refractivity contribution >= 4 is 12.0 Å². The zero-order chi connectivity index (χ0) is 23.1. The van der Waals surface area contributed by atoms with E-state index in [-0.39, 0.29) is 18.8 Å². The van der Waals surface area contributed by atoms with Crippen LogP contribution in [0.2, 0.25) is 0 Å². The van der Waals surface area contributed by atoms with E-state index in [0.29, 0.717) is 22.6 Å². The molecule has 0 aliphatic heterocycles. The predicted molar refractivity (Wildman–Crippen MR) is 110 cm³/mol. The molecule has 4 nitrogen and oxygen atoms in total. The number of benzene rings is 3. The van der Waals surface area contributed by atoms with E-state index in [2.05, 4.69) is 0 Å². The molecule has 0 unspecified atom stereocenters. The van der Waals surface area contributed by atoms with Crippen LogP contribution in [0.15, 0.2) is 72.8 Å². The van der Waals surface area contributed by atoms with Crippen molar-refractivity contribution in [2.24, 2.45) is 0 Å². The van der Waals surface area contributed by atoms with E-state index in [1.54, 1.807) is 30.4 Å². The summed E-state index contributed by atoms with van der Waals surface area (Å²) in [5, 5.41) is 8.87. The Morgan fingerprint density at radius 2 is 1.69 bits per heavy atom. The van der Waals surface area contributed by atoms with Crippen molar-refractivity contribution in [3.8, 4) is 17.2 Å². The second-order valence-corrected chi connectivity index (χ2v) is 6.75. The van der Waals surface area contributed by atoms with Crippen LogP contribution in [0, 0.1) is 5.82 Å². The number of hydrogen-bond donors (Lipinski definition) is 1. The SMILES string of the molecule is O=C(O)Cc1ccc(F)c(Oc2cccc(OCC=Cc3ccc(C(F)(F)F)cc3)c2)c1. The van der Waals surface area contributed by atoms with Crippen molar-refractivity contribution in [1.82, 2.24) is 0 Å². The standard InChI is InChI=1S/C24H18F4O4/c25-21-11-8-17(14-23(29)30)13-22(21)32-20-5-1-4-19(15-20)31-12-2-3-16-6-9-18(10-7-16)24(26,27)28/h1-11,13,15H,12,14H2,(H,29,30). The molecule has 0 spiro atoms. The van der Waals surface area contributed by atoms with Gasteiger partial charge in [-0.05, 0) is 53.6 Å². The summed E-state index contributed by atoms with van der Waals surface area (Å²) in [6, 6.07) is 15.0. The van der Waals surface area contributed by atoms with Crippen LogP contribution in [0.4, 0.5) is 17.6 Å². The molecule has 3 aromatic rings. The number of rotatable bonds is 8. The lowest BCUT2D eigenvalue weighted by molar-refractivity contribution is -0.138. The molecule has 32 heavy (non-hydrogen) atoms. The molecule has 0 aromatic heterocycles. The fraction of sp³-hybridized carbons (Fsp3) is 0.125. The Morgan fingerprint density at radius 3 is 2.38 bits per heavy atom. The normalized spacial score (nSPS) is 11.5. The summed E-state index contributed by atoms with van der Waals surface area (Å²) in [5.41, 5.74) is 0.276. The molecule has 3 aromatic carbocycles. The molecule has 0 bridgehead atoms. The van der Waals surface area contributed by atoms with Crippen LogP contribution in [-0.4, -0.2) is 17.7 Å². The number of hydrogen-bond acceptors (Lipinski definition) is 3. The summed E-state index contributed by atoms with van der Waals surface area (Å²) >= 11 is 0. The lowest BCUT2D eigenvalue weighted by atomic mass is 10.1. The number of aliphatic carboxylic acids is 1. The second-order valence-electron chi connectivity index (χ2n) is 6.75. The zero-order valence-electron chi connectivity index (χ0n) is 16.6. The maximum absolute atomic E-state index is 14.0. The van der Waals surface area contributed by atoms with E-state index in [4.69, 9.17) is 14.6 Å². The summed E-state index contributed by atoms with van der Waals surface area (Å²) in [7, 11) is 0. The first-order valence-electron chi connectivity index (χ1n) is 9.45. The van der Waals surface area contributed by atoms with Crippen LogP contribution in [-0.2, 0) is 17.4 Å². The molecule has 8 heteroatoms. The lowest BCUT2D eigenvalue weighted by Gasteiger charge is -2.10. The Labute approximate surface area is 181 Å². The number of alkyl halides is 3. The van der Waals surface area contributed by atoms with E-state index in [1.807, 2.05) is 0 Å². The first-order chi connectivity index (χ1) is 15.2. The van der Waals surface area contributed by atoms with Crippen molar-refractivity contribution in [2.45, 2.75) is 12.6 Å². The molecule has 166 valence electrons. The molecule has 3 rings (SSSR count). The fourth-order valence-electron chi connectivity index (χ4n) is 2.78. The van der Waals surface area contributed by atoms with E-state index in [0.717, 1.165) is 18.2 Å². The van der Waals surface area contributed by atoms with Gasteiger partial charge in [0.1, 0.15) is 18.1 Å². The van der Waals surface area contributed by atoms with Crippen LogP contribution >= 0.6 is 0 Å². The van der Waals surface area contributed by atoms with Crippen LogP contribution in [0.25, 0.3) is 6.08 Å². The van der Waals surface area contributed by atoms with Crippen LogP contribution in [0.3, 0.4) is 0 Å². The van der Waals surface area contributed by atoms with Crippen molar-refractivity contribution in [3.05, 3.63) is 95.3 Å². The lowest BCUT2D eigenvalue weighted by Crippen LogP contribution is -2.03. The average Bonchev–Trinajstić information content (AvgIpc) is 2.73. The third-order valence-electron chi connectivity index (χ3n) is 4.28. The van der Waals surface area contributed by atoms with E-state index in [9.17, 15) is 22.4 Å². The minimum Gasteiger partial charge on any atom is -0.489 e. The smallest absolute Gasteiger partial charge is 0.416 e. The number of carboxylic acid groups (broad SMARTS) is 1. The summed E-state index contributed by atoms with van der Waals surface area (Å²) < 4.78 is 62.9. The van der Waals surface area contributed by atoms with Gasteiger partial charge in [-0.1, -0.05) is 30.3 Å². The van der Waals surface area contributed by atoms with Gasteiger partial charge in [-0.25, -0.2) is 4.39 Å². The molecule has 0 aliphatic carbocycles. The molecular weight excluding hydrogens is 428 g/mol. The Morgan fingerprint density at radius 1 is 0.969 bits per heavy atom. The zero-order valence-corrected chi connectivity index (χ0v) is 16.6. The van der Waals surface area contributed by atoms with Gasteiger partial charge in [0.05, 0.1) is 12.0 Å². The summed E-state index contributed by atoms with van der Waals surface area (Å²) in [6.45, 7) is 0.146. The minimum atomic E-state index is -4.38. The predicted octanol–water partition coefficient (Wildman–Crippen LogP) is 6.36. The molecule has 0 heterocycles. The summed E-state index contributed by atoms with van der Waals surface area (Å²) in [4.78, 5) is 10.8. The number of halogens is 4. The first-order valence-corrected chi connectivity index (χ1v) is 9.45. The first kappa shape index (κ1) is 22.9. The molecule has 1 N–H and O–H groups in total. The second kappa shape index (κ2) is 10.00. The largest absolute Gasteiger partial charge is 0.489 e. The average molecular weight is 446 g/mol. The van der Waals surface area contributed by atoms with Crippen molar-refractivity contribution in [3.63, 3.8) is 0 Å². The molecule has 0 fully saturated rings. The maximum Gasteiger partial charge on any atom is 0.416 e. The van der Waals surface area contributed by atoms with Gasteiger partial charge in [0.2, 0.25) is 0 Å². The Kier molecular flexibility index (Phi) is 7.14. The highest BCUT2D eigenvalue weighted by Crippen LogP contribution is 2.30. The topological polar surface area (TPSA) is 55.8 Å². The monoisotopic (exact) mass is 446 g/mol. The van der Waals surface area contributed by atoms with Gasteiger partial charge in [-0.3, -0.25) is 4.79 Å². The fourth-order valence-corrected chi connectivity index (χ4v) is 2.78. The van der Waals surface area contributed by atoms with Crippen LogP contribution in [0.1, 0.15) is 16.7 Å². The Hall–Kier alpha value is -3.81. The Bertz CT molecular complexity index is 1110. The van der Waals surface area contributed by atoms with E-state index < -0.39 is 23.5 Å². The highest BCUT2D eigenvalue weighted by molar-refractivity contribution is 5.70. The summed E-state index contributed by atoms with van der Waals surface area (Å²) in [6.07, 6.45) is -1.36. The molecule has 0 saturated carbocycles. The van der Waals surface area contributed by atoms with Gasteiger partial charge in [0, 0.05) is 6.07 Å². The third-order valence-corrected chi connectivity index (χ3v) is 4.28. The maximum atomic E-state index is 14.0. The van der Waals surface area contributed by atoms with E-state index >= 15 is 0 Å².